The van der Waals surface area contributed by atoms with Crippen molar-refractivity contribution < 1.29 is 37.9 Å². The second-order valence-electron chi connectivity index (χ2n) is 8.21. The SMILES string of the molecule is CC#CC(=O)N1CC2(CC([n+]3[nH]c(-c4ccc(OC(F)(F)F)cc4)c(C([NH3+])=O)c3N)C2)C1. The molecule has 1 aromatic carbocycles. The second kappa shape index (κ2) is 7.56. The summed E-state index contributed by atoms with van der Waals surface area (Å²) < 4.78 is 42.8. The maximum atomic E-state index is 12.4. The fourth-order valence-electron chi connectivity index (χ4n) is 4.56. The molecule has 6 N–H and O–H groups in total. The monoisotopic (exact) mass is 449 g/mol. The van der Waals surface area contributed by atoms with E-state index in [1.807, 2.05) is 0 Å². The third-order valence-electron chi connectivity index (χ3n) is 5.93. The molecule has 0 unspecified atom stereocenters. The van der Waals surface area contributed by atoms with E-state index in [4.69, 9.17) is 5.73 Å². The molecule has 1 aliphatic carbocycles. The molecule has 1 saturated heterocycles. The van der Waals surface area contributed by atoms with Gasteiger partial charge in [0.25, 0.3) is 5.91 Å². The van der Waals surface area contributed by atoms with E-state index in [0.29, 0.717) is 24.3 Å². The lowest BCUT2D eigenvalue weighted by molar-refractivity contribution is -0.776. The number of nitrogens with two attached hydrogens (primary N) is 1. The Morgan fingerprint density at radius 2 is 1.91 bits per heavy atom. The van der Waals surface area contributed by atoms with Crippen LogP contribution in [-0.2, 0) is 4.79 Å². The van der Waals surface area contributed by atoms with Crippen LogP contribution in [0.1, 0.15) is 36.2 Å². The molecule has 0 bridgehead atoms. The highest BCUT2D eigenvalue weighted by molar-refractivity contribution is 5.97. The smallest absolute Gasteiger partial charge is 0.406 e. The number of aromatic nitrogens is 2. The van der Waals surface area contributed by atoms with E-state index < -0.39 is 12.3 Å². The minimum atomic E-state index is -4.79. The molecule has 4 rings (SSSR count). The molecule has 32 heavy (non-hydrogen) atoms. The Bertz CT molecular complexity index is 1130. The summed E-state index contributed by atoms with van der Waals surface area (Å²) in [4.78, 5) is 25.7. The fraction of sp³-hybridized carbons (Fsp3) is 0.381. The van der Waals surface area contributed by atoms with E-state index in [1.165, 1.54) is 24.3 Å². The number of aromatic amines is 1. The number of H-pyrrole nitrogens is 1. The molecule has 1 aliphatic heterocycles. The maximum Gasteiger partial charge on any atom is 0.573 e. The molecule has 0 atom stereocenters. The average Bonchev–Trinajstić information content (AvgIpc) is 2.96. The Kier molecular flexibility index (Phi) is 5.13. The van der Waals surface area contributed by atoms with Gasteiger partial charge in [-0.2, -0.15) is 4.68 Å². The zero-order chi connectivity index (χ0) is 23.3. The first-order valence-corrected chi connectivity index (χ1v) is 9.89. The van der Waals surface area contributed by atoms with Crippen molar-refractivity contribution in [2.45, 2.75) is 32.2 Å². The Morgan fingerprint density at radius 3 is 2.44 bits per heavy atom. The van der Waals surface area contributed by atoms with E-state index >= 15 is 0 Å². The van der Waals surface area contributed by atoms with Crippen molar-refractivity contribution in [3.63, 3.8) is 0 Å². The minimum absolute atomic E-state index is 0.00389. The fourth-order valence-corrected chi connectivity index (χ4v) is 4.56. The van der Waals surface area contributed by atoms with Crippen LogP contribution >= 0.6 is 0 Å². The van der Waals surface area contributed by atoms with Gasteiger partial charge in [0.05, 0.1) is 0 Å². The van der Waals surface area contributed by atoms with E-state index in [2.05, 4.69) is 27.4 Å². The van der Waals surface area contributed by atoms with Crippen LogP contribution in [-0.4, -0.2) is 41.3 Å². The number of carbonyl (C=O) groups is 2. The molecule has 168 valence electrons. The lowest BCUT2D eigenvalue weighted by atomic mass is 9.60. The number of halogens is 3. The van der Waals surface area contributed by atoms with Gasteiger partial charge in [0, 0.05) is 24.1 Å². The van der Waals surface area contributed by atoms with Gasteiger partial charge in [-0.05, 0) is 50.0 Å². The van der Waals surface area contributed by atoms with Gasteiger partial charge < -0.3 is 9.64 Å². The van der Waals surface area contributed by atoms with Crippen LogP contribution in [0.2, 0.25) is 0 Å². The number of hydrogen-bond donors (Lipinski definition) is 3. The van der Waals surface area contributed by atoms with E-state index in [9.17, 15) is 22.8 Å². The van der Waals surface area contributed by atoms with Crippen LogP contribution in [0.5, 0.6) is 5.75 Å². The highest BCUT2D eigenvalue weighted by Gasteiger charge is 2.56. The van der Waals surface area contributed by atoms with Gasteiger partial charge in [-0.15, -0.1) is 13.2 Å². The number of amides is 2. The number of nitrogens with one attached hydrogen (secondary N) is 1. The maximum absolute atomic E-state index is 12.4. The van der Waals surface area contributed by atoms with Crippen LogP contribution in [0, 0.1) is 17.3 Å². The lowest BCUT2D eigenvalue weighted by Crippen LogP contribution is -2.67. The summed E-state index contributed by atoms with van der Waals surface area (Å²) in [6.07, 6.45) is -3.25. The molecule has 2 aromatic rings. The van der Waals surface area contributed by atoms with Crippen molar-refractivity contribution >= 4 is 17.6 Å². The molecule has 11 heteroatoms. The van der Waals surface area contributed by atoms with Crippen LogP contribution in [0.4, 0.5) is 19.0 Å². The van der Waals surface area contributed by atoms with Crippen molar-refractivity contribution in [3.05, 3.63) is 29.8 Å². The van der Waals surface area contributed by atoms with Gasteiger partial charge in [-0.25, -0.2) is 9.89 Å². The lowest BCUT2D eigenvalue weighted by Gasteiger charge is -2.57. The molecular formula is C21H22F3N5O3+2. The first kappa shape index (κ1) is 21.7. The summed E-state index contributed by atoms with van der Waals surface area (Å²) in [6, 6.07) is 5.16. The summed E-state index contributed by atoms with van der Waals surface area (Å²) in [5.74, 6) is 4.31. The topological polar surface area (TPSA) is 120 Å². The first-order chi connectivity index (χ1) is 15.0. The van der Waals surface area contributed by atoms with Gasteiger partial charge in [-0.1, -0.05) is 5.92 Å². The molecule has 0 radical (unpaired) electrons. The highest BCUT2D eigenvalue weighted by atomic mass is 19.4. The average molecular weight is 449 g/mol. The Labute approximate surface area is 181 Å². The number of carbonyl (C=O) groups excluding carboxylic acids is 2. The molecule has 8 nitrogen and oxygen atoms in total. The molecule has 1 aromatic heterocycles. The summed E-state index contributed by atoms with van der Waals surface area (Å²) in [5.41, 5.74) is 10.8. The molecule has 1 spiro atoms. The van der Waals surface area contributed by atoms with Gasteiger partial charge in [0.15, 0.2) is 5.56 Å². The van der Waals surface area contributed by atoms with Gasteiger partial charge in [-0.3, -0.25) is 16.3 Å². The van der Waals surface area contributed by atoms with Crippen molar-refractivity contribution in [1.29, 1.82) is 0 Å². The predicted octanol–water partition coefficient (Wildman–Crippen LogP) is 1.02. The summed E-state index contributed by atoms with van der Waals surface area (Å²) in [5, 5.41) is 3.12. The number of quaternary nitrogens is 1. The number of ether oxygens (including phenoxy) is 1. The minimum Gasteiger partial charge on any atom is -0.406 e. The molecule has 1 saturated carbocycles. The third kappa shape index (κ3) is 3.89. The molecule has 2 aliphatic rings. The number of hydrogen-bond acceptors (Lipinski definition) is 4. The van der Waals surface area contributed by atoms with Crippen molar-refractivity contribution in [2.24, 2.45) is 5.41 Å². The van der Waals surface area contributed by atoms with Crippen LogP contribution in [0.15, 0.2) is 24.3 Å². The number of likely N-dealkylation sites (tertiary alicyclic amines) is 1. The number of rotatable bonds is 4. The van der Waals surface area contributed by atoms with E-state index in [-0.39, 0.29) is 34.5 Å². The number of benzene rings is 1. The Balaban J connectivity index is 1.53. The first-order valence-electron chi connectivity index (χ1n) is 9.89. The third-order valence-corrected chi connectivity index (χ3v) is 5.93. The van der Waals surface area contributed by atoms with Gasteiger partial charge in [0.1, 0.15) is 17.5 Å². The summed E-state index contributed by atoms with van der Waals surface area (Å²) in [6.45, 7) is 2.88. The van der Waals surface area contributed by atoms with E-state index in [0.717, 1.165) is 12.8 Å². The normalized spacial score (nSPS) is 17.2. The molecular weight excluding hydrogens is 427 g/mol. The van der Waals surface area contributed by atoms with Crippen LogP contribution in [0.3, 0.4) is 0 Å². The van der Waals surface area contributed by atoms with Crippen molar-refractivity contribution in [2.75, 3.05) is 18.8 Å². The number of alkyl halides is 3. The van der Waals surface area contributed by atoms with Gasteiger partial charge >= 0.3 is 18.1 Å². The number of nitrogen functional groups attached to an aromatic ring is 1. The standard InChI is InChI=1S/C21H20F3N5O3/c1-2-3-15(30)28-10-20(11-28)8-13(9-20)29-18(25)16(19(26)31)17(27-29)12-4-6-14(7-5-12)32-21(22,23)24/h4-7,13H,8-11H2,1H3,(H4,25,26,27,31)/p+2. The molecule has 2 amide bonds. The van der Waals surface area contributed by atoms with Crippen LogP contribution in [0.25, 0.3) is 11.3 Å². The second-order valence-corrected chi connectivity index (χ2v) is 8.21. The molecule has 2 heterocycles. The number of anilines is 1. The molecule has 2 fully saturated rings. The quantitative estimate of drug-likeness (QED) is 0.477. The summed E-state index contributed by atoms with van der Waals surface area (Å²) >= 11 is 0. The van der Waals surface area contributed by atoms with Gasteiger partial charge in [0.2, 0.25) is 0 Å². The Morgan fingerprint density at radius 1 is 1.28 bits per heavy atom. The zero-order valence-electron chi connectivity index (χ0n) is 17.3. The predicted molar refractivity (Wildman–Crippen MR) is 105 cm³/mol. The Hall–Kier alpha value is -3.52. The highest BCUT2D eigenvalue weighted by Crippen LogP contribution is 2.52. The summed E-state index contributed by atoms with van der Waals surface area (Å²) in [7, 11) is 0. The van der Waals surface area contributed by atoms with Crippen LogP contribution < -0.4 is 20.9 Å². The zero-order valence-corrected chi connectivity index (χ0v) is 17.3. The largest absolute Gasteiger partial charge is 0.573 e. The van der Waals surface area contributed by atoms with E-state index in [1.54, 1.807) is 16.5 Å². The van der Waals surface area contributed by atoms with Crippen molar-refractivity contribution in [1.82, 2.24) is 10.00 Å². The van der Waals surface area contributed by atoms with Crippen molar-refractivity contribution in [3.8, 4) is 28.8 Å². The number of nitrogens with zero attached hydrogens (tertiary/aromatic N) is 2.